The van der Waals surface area contributed by atoms with E-state index in [2.05, 4.69) is 19.2 Å². The minimum absolute atomic E-state index is 0.140. The average molecular weight is 415 g/mol. The number of anilines is 1. The van der Waals surface area contributed by atoms with E-state index >= 15 is 0 Å². The van der Waals surface area contributed by atoms with Crippen molar-refractivity contribution in [3.8, 4) is 0 Å². The van der Waals surface area contributed by atoms with E-state index in [4.69, 9.17) is 0 Å². The van der Waals surface area contributed by atoms with Crippen LogP contribution in [0.3, 0.4) is 0 Å². The first-order valence-electron chi connectivity index (χ1n) is 10.3. The van der Waals surface area contributed by atoms with Crippen molar-refractivity contribution in [2.24, 2.45) is 0 Å². The smallest absolute Gasteiger partial charge is 0.264 e. The topological polar surface area (TPSA) is 66.5 Å². The predicted molar refractivity (Wildman–Crippen MR) is 117 cm³/mol. The van der Waals surface area contributed by atoms with Crippen LogP contribution in [0.1, 0.15) is 57.4 Å². The number of rotatable bonds is 7. The van der Waals surface area contributed by atoms with Gasteiger partial charge >= 0.3 is 0 Å². The molecular weight excluding hydrogens is 384 g/mol. The molecule has 0 bridgehead atoms. The monoisotopic (exact) mass is 414 g/mol. The van der Waals surface area contributed by atoms with E-state index in [1.165, 1.54) is 10.7 Å². The van der Waals surface area contributed by atoms with Crippen LogP contribution >= 0.6 is 0 Å². The van der Waals surface area contributed by atoms with E-state index in [0.717, 1.165) is 31.2 Å². The van der Waals surface area contributed by atoms with Crippen LogP contribution in [-0.2, 0) is 14.8 Å². The van der Waals surface area contributed by atoms with Crippen molar-refractivity contribution in [2.45, 2.75) is 62.8 Å². The zero-order chi connectivity index (χ0) is 20.9. The van der Waals surface area contributed by atoms with Gasteiger partial charge in [-0.05, 0) is 48.6 Å². The summed E-state index contributed by atoms with van der Waals surface area (Å²) in [6.45, 7) is 3.95. The zero-order valence-electron chi connectivity index (χ0n) is 17.2. The molecule has 156 valence electrons. The summed E-state index contributed by atoms with van der Waals surface area (Å²) < 4.78 is 27.9. The van der Waals surface area contributed by atoms with Gasteiger partial charge in [0.05, 0.1) is 10.6 Å². The Morgan fingerprint density at radius 1 is 1.00 bits per heavy atom. The maximum atomic E-state index is 13.3. The molecule has 0 unspecified atom stereocenters. The summed E-state index contributed by atoms with van der Waals surface area (Å²) in [6.07, 6.45) is 5.32. The lowest BCUT2D eigenvalue weighted by atomic mass is 9.95. The molecule has 0 atom stereocenters. The zero-order valence-corrected chi connectivity index (χ0v) is 18.0. The van der Waals surface area contributed by atoms with Crippen molar-refractivity contribution in [3.05, 3.63) is 60.2 Å². The summed E-state index contributed by atoms with van der Waals surface area (Å²) in [4.78, 5) is 12.9. The Hall–Kier alpha value is -2.34. The molecule has 0 saturated heterocycles. The molecule has 5 nitrogen and oxygen atoms in total. The third kappa shape index (κ3) is 5.38. The van der Waals surface area contributed by atoms with Gasteiger partial charge in [0.1, 0.15) is 6.54 Å². The van der Waals surface area contributed by atoms with Crippen molar-refractivity contribution in [1.29, 1.82) is 0 Å². The van der Waals surface area contributed by atoms with Gasteiger partial charge in [-0.1, -0.05) is 63.4 Å². The van der Waals surface area contributed by atoms with Gasteiger partial charge in [0, 0.05) is 6.04 Å². The Kier molecular flexibility index (Phi) is 6.96. The summed E-state index contributed by atoms with van der Waals surface area (Å²) in [5, 5.41) is 3.03. The first-order chi connectivity index (χ1) is 13.9. The molecule has 2 aromatic rings. The number of amides is 1. The fourth-order valence-corrected chi connectivity index (χ4v) is 5.15. The number of nitrogens with one attached hydrogen (secondary N) is 1. The molecule has 1 N–H and O–H groups in total. The molecule has 6 heteroatoms. The van der Waals surface area contributed by atoms with E-state index < -0.39 is 10.0 Å². The molecule has 29 heavy (non-hydrogen) atoms. The lowest BCUT2D eigenvalue weighted by Crippen LogP contribution is -2.44. The quantitative estimate of drug-likeness (QED) is 0.728. The molecule has 1 fully saturated rings. The van der Waals surface area contributed by atoms with Gasteiger partial charge in [-0.25, -0.2) is 8.42 Å². The molecule has 1 aliphatic carbocycles. The average Bonchev–Trinajstić information content (AvgIpc) is 2.73. The summed E-state index contributed by atoms with van der Waals surface area (Å²) in [7, 11) is -3.85. The molecule has 2 aromatic carbocycles. The van der Waals surface area contributed by atoms with Gasteiger partial charge in [0.15, 0.2) is 0 Å². The highest BCUT2D eigenvalue weighted by Crippen LogP contribution is 2.26. The van der Waals surface area contributed by atoms with Crippen LogP contribution in [0.4, 0.5) is 5.69 Å². The van der Waals surface area contributed by atoms with E-state index in [0.29, 0.717) is 11.6 Å². The van der Waals surface area contributed by atoms with Crippen LogP contribution in [0.25, 0.3) is 0 Å². The largest absolute Gasteiger partial charge is 0.352 e. The first kappa shape index (κ1) is 21.4. The normalized spacial score (nSPS) is 15.3. The second kappa shape index (κ2) is 9.44. The lowest BCUT2D eigenvalue weighted by molar-refractivity contribution is -0.120. The van der Waals surface area contributed by atoms with E-state index in [1.54, 1.807) is 42.5 Å². The van der Waals surface area contributed by atoms with Crippen LogP contribution in [-0.4, -0.2) is 26.9 Å². The maximum absolute atomic E-state index is 13.3. The number of nitrogens with zero attached hydrogens (tertiary/aromatic N) is 1. The number of hydrogen-bond acceptors (Lipinski definition) is 3. The standard InChI is InChI=1S/C23H30N2O3S/c1-18(2)19-13-15-21(16-14-19)25(29(27,28)22-11-7-4-8-12-22)17-23(26)24-20-9-5-3-6-10-20/h4,7-8,11-16,18,20H,3,5-6,9-10,17H2,1-2H3,(H,24,26). The first-order valence-corrected chi connectivity index (χ1v) is 11.8. The molecule has 3 rings (SSSR count). The van der Waals surface area contributed by atoms with Gasteiger partial charge in [0.2, 0.25) is 5.91 Å². The van der Waals surface area contributed by atoms with Gasteiger partial charge in [-0.2, -0.15) is 0 Å². The molecule has 1 amide bonds. The molecule has 0 spiro atoms. The maximum Gasteiger partial charge on any atom is 0.264 e. The summed E-state index contributed by atoms with van der Waals surface area (Å²) in [6, 6.07) is 15.8. The minimum Gasteiger partial charge on any atom is -0.352 e. The number of hydrogen-bond donors (Lipinski definition) is 1. The summed E-state index contributed by atoms with van der Waals surface area (Å²) >= 11 is 0. The highest BCUT2D eigenvalue weighted by atomic mass is 32.2. The number of carbonyl (C=O) groups is 1. The Morgan fingerprint density at radius 2 is 1.62 bits per heavy atom. The second-order valence-corrected chi connectivity index (χ2v) is 9.84. The van der Waals surface area contributed by atoms with Gasteiger partial charge in [-0.3, -0.25) is 9.10 Å². The van der Waals surface area contributed by atoms with Crippen LogP contribution < -0.4 is 9.62 Å². The van der Waals surface area contributed by atoms with Crippen molar-refractivity contribution in [2.75, 3.05) is 10.8 Å². The fourth-order valence-electron chi connectivity index (χ4n) is 3.71. The van der Waals surface area contributed by atoms with Crippen LogP contribution in [0.15, 0.2) is 59.5 Å². The predicted octanol–water partition coefficient (Wildman–Crippen LogP) is 4.45. The molecule has 0 aliphatic heterocycles. The molecule has 1 saturated carbocycles. The Balaban J connectivity index is 1.87. The highest BCUT2D eigenvalue weighted by Gasteiger charge is 2.28. The molecule has 1 aliphatic rings. The molecule has 0 heterocycles. The summed E-state index contributed by atoms with van der Waals surface area (Å²) in [5.74, 6) is 0.0853. The number of benzene rings is 2. The van der Waals surface area contributed by atoms with Crippen LogP contribution in [0.5, 0.6) is 0 Å². The minimum atomic E-state index is -3.85. The Bertz CT molecular complexity index is 903. The fraction of sp³-hybridized carbons (Fsp3) is 0.435. The Labute approximate surface area is 174 Å². The highest BCUT2D eigenvalue weighted by molar-refractivity contribution is 7.92. The van der Waals surface area contributed by atoms with Gasteiger partial charge < -0.3 is 5.32 Å². The third-order valence-corrected chi connectivity index (χ3v) is 7.22. The van der Waals surface area contributed by atoms with Crippen molar-refractivity contribution in [1.82, 2.24) is 5.32 Å². The van der Waals surface area contributed by atoms with Crippen molar-refractivity contribution >= 4 is 21.6 Å². The van der Waals surface area contributed by atoms with Gasteiger partial charge in [0.25, 0.3) is 10.0 Å². The number of carbonyl (C=O) groups excluding carboxylic acids is 1. The van der Waals surface area contributed by atoms with Crippen molar-refractivity contribution < 1.29 is 13.2 Å². The second-order valence-electron chi connectivity index (χ2n) is 7.97. The SMILES string of the molecule is CC(C)c1ccc(N(CC(=O)NC2CCCCC2)S(=O)(=O)c2ccccc2)cc1. The van der Waals surface area contributed by atoms with E-state index in [1.807, 2.05) is 12.1 Å². The van der Waals surface area contributed by atoms with Gasteiger partial charge in [-0.15, -0.1) is 0 Å². The lowest BCUT2D eigenvalue weighted by Gasteiger charge is -2.27. The number of sulfonamides is 1. The van der Waals surface area contributed by atoms with Crippen molar-refractivity contribution in [3.63, 3.8) is 0 Å². The molecule has 0 radical (unpaired) electrons. The summed E-state index contributed by atoms with van der Waals surface area (Å²) in [5.41, 5.74) is 1.62. The van der Waals surface area contributed by atoms with Crippen LogP contribution in [0, 0.1) is 0 Å². The van der Waals surface area contributed by atoms with Crippen LogP contribution in [0.2, 0.25) is 0 Å². The molecular formula is C23H30N2O3S. The van der Waals surface area contributed by atoms with E-state index in [-0.39, 0.29) is 23.4 Å². The Morgan fingerprint density at radius 3 is 2.21 bits per heavy atom. The third-order valence-electron chi connectivity index (χ3n) is 5.44. The molecule has 0 aromatic heterocycles. The van der Waals surface area contributed by atoms with E-state index in [9.17, 15) is 13.2 Å².